The molecule has 0 aliphatic carbocycles. The number of hydrogen-bond donors (Lipinski definition) is 0. The summed E-state index contributed by atoms with van der Waals surface area (Å²) < 4.78 is 10.5. The molecule has 0 aromatic heterocycles. The van der Waals surface area contributed by atoms with E-state index < -0.39 is 0 Å². The molecule has 2 rings (SSSR count). The molecule has 2 aromatic rings. The summed E-state index contributed by atoms with van der Waals surface area (Å²) in [5, 5.41) is 0. The number of benzene rings is 2. The van der Waals surface area contributed by atoms with Crippen LogP contribution >= 0.6 is 0 Å². The van der Waals surface area contributed by atoms with Gasteiger partial charge in [0.25, 0.3) is 0 Å². The number of para-hydroxylation sites is 1. The summed E-state index contributed by atoms with van der Waals surface area (Å²) in [6, 6.07) is 15.6. The lowest BCUT2D eigenvalue weighted by atomic mass is 10.1. The third kappa shape index (κ3) is 5.39. The molecule has 0 bridgehead atoms. The Morgan fingerprint density at radius 2 is 1.79 bits per heavy atom. The number of carbonyl (C=O) groups is 1. The summed E-state index contributed by atoms with van der Waals surface area (Å²) in [6.07, 6.45) is 0.963. The fourth-order valence-corrected chi connectivity index (χ4v) is 2.49. The maximum Gasteiger partial charge on any atom is 0.337 e. The number of aryl methyl sites for hydroxylation is 1. The highest BCUT2D eigenvalue weighted by Gasteiger charge is 2.06. The monoisotopic (exact) mass is 327 g/mol. The van der Waals surface area contributed by atoms with Crippen molar-refractivity contribution in [1.29, 1.82) is 0 Å². The molecule has 24 heavy (non-hydrogen) atoms. The number of hydrogen-bond acceptors (Lipinski definition) is 4. The van der Waals surface area contributed by atoms with E-state index in [0.717, 1.165) is 30.8 Å². The first-order valence-electron chi connectivity index (χ1n) is 8.14. The van der Waals surface area contributed by atoms with Gasteiger partial charge in [-0.05, 0) is 49.7 Å². The van der Waals surface area contributed by atoms with E-state index in [2.05, 4.69) is 24.9 Å². The number of carbonyl (C=O) groups excluding carboxylic acids is 1. The van der Waals surface area contributed by atoms with E-state index in [4.69, 9.17) is 9.47 Å². The van der Waals surface area contributed by atoms with Gasteiger partial charge in [-0.3, -0.25) is 0 Å². The maximum absolute atomic E-state index is 11.4. The van der Waals surface area contributed by atoms with E-state index in [-0.39, 0.29) is 5.97 Å². The predicted molar refractivity (Wildman–Crippen MR) is 95.4 cm³/mol. The molecule has 2 aromatic carbocycles. The van der Waals surface area contributed by atoms with E-state index in [1.54, 1.807) is 12.1 Å². The van der Waals surface area contributed by atoms with Crippen LogP contribution in [0.25, 0.3) is 0 Å². The zero-order chi connectivity index (χ0) is 17.4. The van der Waals surface area contributed by atoms with Gasteiger partial charge in [0.1, 0.15) is 5.75 Å². The highest BCUT2D eigenvalue weighted by Crippen LogP contribution is 2.16. The topological polar surface area (TPSA) is 38.8 Å². The van der Waals surface area contributed by atoms with Crippen LogP contribution in [0.15, 0.2) is 48.5 Å². The first-order chi connectivity index (χ1) is 11.6. The summed E-state index contributed by atoms with van der Waals surface area (Å²) in [5.41, 5.74) is 2.91. The van der Waals surface area contributed by atoms with Crippen molar-refractivity contribution in [3.8, 4) is 5.75 Å². The van der Waals surface area contributed by atoms with Crippen molar-refractivity contribution in [2.45, 2.75) is 19.9 Å². The fraction of sp³-hybridized carbons (Fsp3) is 0.350. The summed E-state index contributed by atoms with van der Waals surface area (Å²) in [7, 11) is 3.48. The number of ether oxygens (including phenoxy) is 2. The molecule has 0 amide bonds. The molecule has 0 saturated heterocycles. The molecule has 0 fully saturated rings. The van der Waals surface area contributed by atoms with Gasteiger partial charge in [-0.1, -0.05) is 30.3 Å². The Morgan fingerprint density at radius 3 is 2.46 bits per heavy atom. The molecule has 4 heteroatoms. The van der Waals surface area contributed by atoms with Crippen LogP contribution in [0.2, 0.25) is 0 Å². The van der Waals surface area contributed by atoms with Gasteiger partial charge in [-0.2, -0.15) is 0 Å². The van der Waals surface area contributed by atoms with Gasteiger partial charge < -0.3 is 14.4 Å². The molecular formula is C20H25NO3. The van der Waals surface area contributed by atoms with Crippen molar-refractivity contribution in [1.82, 2.24) is 4.90 Å². The average molecular weight is 327 g/mol. The second-order valence-corrected chi connectivity index (χ2v) is 5.89. The highest BCUT2D eigenvalue weighted by molar-refractivity contribution is 5.89. The van der Waals surface area contributed by atoms with Gasteiger partial charge in [0.2, 0.25) is 0 Å². The average Bonchev–Trinajstić information content (AvgIpc) is 2.60. The molecule has 128 valence electrons. The number of nitrogens with zero attached hydrogens (tertiary/aromatic N) is 1. The van der Waals surface area contributed by atoms with Crippen molar-refractivity contribution in [3.05, 3.63) is 65.2 Å². The SMILES string of the molecule is COC(=O)c1ccc(CN(C)CCCOc2ccccc2C)cc1. The molecule has 0 N–H and O–H groups in total. The molecule has 0 aliphatic rings. The minimum atomic E-state index is -0.303. The molecule has 0 saturated carbocycles. The normalized spacial score (nSPS) is 10.7. The van der Waals surface area contributed by atoms with Crippen LogP contribution < -0.4 is 4.74 Å². The minimum absolute atomic E-state index is 0.303. The Bertz CT molecular complexity index is 652. The van der Waals surface area contributed by atoms with Gasteiger partial charge in [-0.25, -0.2) is 4.79 Å². The fourth-order valence-electron chi connectivity index (χ4n) is 2.49. The zero-order valence-corrected chi connectivity index (χ0v) is 14.6. The van der Waals surface area contributed by atoms with E-state index in [0.29, 0.717) is 12.2 Å². The highest BCUT2D eigenvalue weighted by atomic mass is 16.5. The van der Waals surface area contributed by atoms with Gasteiger partial charge >= 0.3 is 5.97 Å². The van der Waals surface area contributed by atoms with E-state index in [9.17, 15) is 4.79 Å². The quantitative estimate of drug-likeness (QED) is 0.548. The van der Waals surface area contributed by atoms with E-state index >= 15 is 0 Å². The van der Waals surface area contributed by atoms with Crippen LogP contribution in [0.4, 0.5) is 0 Å². The van der Waals surface area contributed by atoms with Crippen molar-refractivity contribution < 1.29 is 14.3 Å². The lowest BCUT2D eigenvalue weighted by molar-refractivity contribution is 0.0600. The molecule has 0 heterocycles. The van der Waals surface area contributed by atoms with Gasteiger partial charge in [-0.15, -0.1) is 0 Å². The van der Waals surface area contributed by atoms with Crippen molar-refractivity contribution >= 4 is 5.97 Å². The summed E-state index contributed by atoms with van der Waals surface area (Å²) in [4.78, 5) is 13.7. The molecule has 0 atom stereocenters. The van der Waals surface area contributed by atoms with Crippen LogP contribution in [0, 0.1) is 6.92 Å². The number of rotatable bonds is 8. The van der Waals surface area contributed by atoms with Crippen molar-refractivity contribution in [3.63, 3.8) is 0 Å². The largest absolute Gasteiger partial charge is 0.493 e. The third-order valence-electron chi connectivity index (χ3n) is 3.86. The lowest BCUT2D eigenvalue weighted by Gasteiger charge is -2.17. The Balaban J connectivity index is 1.72. The van der Waals surface area contributed by atoms with Crippen molar-refractivity contribution in [2.24, 2.45) is 0 Å². The van der Waals surface area contributed by atoms with Crippen LogP contribution in [0.5, 0.6) is 5.75 Å². The van der Waals surface area contributed by atoms with E-state index in [1.807, 2.05) is 30.3 Å². The first-order valence-corrected chi connectivity index (χ1v) is 8.14. The third-order valence-corrected chi connectivity index (χ3v) is 3.86. The molecule has 4 nitrogen and oxygen atoms in total. The zero-order valence-electron chi connectivity index (χ0n) is 14.6. The summed E-state index contributed by atoms with van der Waals surface area (Å²) in [5.74, 6) is 0.654. The van der Waals surface area contributed by atoms with Crippen LogP contribution in [-0.4, -0.2) is 38.2 Å². The Hall–Kier alpha value is -2.33. The number of methoxy groups -OCH3 is 1. The lowest BCUT2D eigenvalue weighted by Crippen LogP contribution is -2.20. The van der Waals surface area contributed by atoms with E-state index in [1.165, 1.54) is 12.7 Å². The predicted octanol–water partition coefficient (Wildman–Crippen LogP) is 3.68. The standard InChI is InChI=1S/C20H25NO3/c1-16-7-4-5-8-19(16)24-14-6-13-21(2)15-17-9-11-18(12-10-17)20(22)23-3/h4-5,7-12H,6,13-15H2,1-3H3. The van der Waals surface area contributed by atoms with Gasteiger partial charge in [0.05, 0.1) is 19.3 Å². The van der Waals surface area contributed by atoms with Crippen LogP contribution in [0.1, 0.15) is 27.9 Å². The second-order valence-electron chi connectivity index (χ2n) is 5.89. The number of esters is 1. The second kappa shape index (κ2) is 9.08. The Morgan fingerprint density at radius 1 is 1.08 bits per heavy atom. The minimum Gasteiger partial charge on any atom is -0.493 e. The maximum atomic E-state index is 11.4. The molecule has 0 unspecified atom stereocenters. The molecule has 0 spiro atoms. The van der Waals surface area contributed by atoms with Crippen molar-refractivity contribution in [2.75, 3.05) is 27.3 Å². The Labute approximate surface area is 144 Å². The van der Waals surface area contributed by atoms with Gasteiger partial charge in [0.15, 0.2) is 0 Å². The molecular weight excluding hydrogens is 302 g/mol. The molecule has 0 aliphatic heterocycles. The van der Waals surface area contributed by atoms with Gasteiger partial charge in [0, 0.05) is 13.1 Å². The van der Waals surface area contributed by atoms with Crippen LogP contribution in [-0.2, 0) is 11.3 Å². The smallest absolute Gasteiger partial charge is 0.337 e. The first kappa shape index (κ1) is 18.0. The van der Waals surface area contributed by atoms with Crippen LogP contribution in [0.3, 0.4) is 0 Å². The summed E-state index contributed by atoms with van der Waals surface area (Å²) >= 11 is 0. The molecule has 0 radical (unpaired) electrons. The summed E-state index contributed by atoms with van der Waals surface area (Å²) in [6.45, 7) is 4.55. The Kier molecular flexibility index (Phi) is 6.82.